The Morgan fingerprint density at radius 1 is 1.00 bits per heavy atom. The summed E-state index contributed by atoms with van der Waals surface area (Å²) in [6.45, 7) is 2.46. The van der Waals surface area contributed by atoms with Crippen LogP contribution in [0.3, 0.4) is 0 Å². The molecular formula is C23H27NO2. The van der Waals surface area contributed by atoms with E-state index in [1.54, 1.807) is 16.7 Å². The number of hydrogen-bond donors (Lipinski definition) is 0. The van der Waals surface area contributed by atoms with Gasteiger partial charge in [0.1, 0.15) is 0 Å². The van der Waals surface area contributed by atoms with E-state index >= 15 is 0 Å². The van der Waals surface area contributed by atoms with Crippen LogP contribution >= 0.6 is 0 Å². The van der Waals surface area contributed by atoms with Crippen molar-refractivity contribution in [3.63, 3.8) is 0 Å². The number of ether oxygens (including phenoxy) is 1. The van der Waals surface area contributed by atoms with Gasteiger partial charge in [-0.3, -0.25) is 0 Å². The summed E-state index contributed by atoms with van der Waals surface area (Å²) in [6.07, 6.45) is 7.64. The maximum Gasteiger partial charge on any atom is 0.337 e. The van der Waals surface area contributed by atoms with Crippen molar-refractivity contribution in [2.45, 2.75) is 50.9 Å². The number of nitrogens with zero attached hydrogens (tertiary/aromatic N) is 1. The second kappa shape index (κ2) is 6.46. The molecule has 4 rings (SSSR count). The molecule has 0 atom stereocenters. The molecule has 0 saturated heterocycles. The topological polar surface area (TPSA) is 29.5 Å². The summed E-state index contributed by atoms with van der Waals surface area (Å²) in [5, 5.41) is 0. The van der Waals surface area contributed by atoms with E-state index in [1.807, 2.05) is 24.3 Å². The van der Waals surface area contributed by atoms with Crippen molar-refractivity contribution in [2.24, 2.45) is 0 Å². The fraction of sp³-hybridized carbons (Fsp3) is 0.435. The molecule has 0 amide bonds. The van der Waals surface area contributed by atoms with E-state index in [9.17, 15) is 4.79 Å². The number of aryl methyl sites for hydroxylation is 2. The van der Waals surface area contributed by atoms with Gasteiger partial charge in [-0.25, -0.2) is 4.79 Å². The van der Waals surface area contributed by atoms with Gasteiger partial charge in [-0.1, -0.05) is 6.92 Å². The zero-order valence-corrected chi connectivity index (χ0v) is 16.0. The Morgan fingerprint density at radius 2 is 1.58 bits per heavy atom. The summed E-state index contributed by atoms with van der Waals surface area (Å²) >= 11 is 0. The van der Waals surface area contributed by atoms with Crippen LogP contribution in [0.25, 0.3) is 0 Å². The first kappa shape index (κ1) is 17.1. The van der Waals surface area contributed by atoms with Crippen LogP contribution in [-0.4, -0.2) is 20.1 Å². The summed E-state index contributed by atoms with van der Waals surface area (Å²) in [5.74, 6) is -0.295. The monoisotopic (exact) mass is 349 g/mol. The Hall–Kier alpha value is -2.29. The first-order valence-corrected chi connectivity index (χ1v) is 9.60. The quantitative estimate of drug-likeness (QED) is 0.716. The van der Waals surface area contributed by atoms with Crippen molar-refractivity contribution in [3.05, 3.63) is 58.7 Å². The van der Waals surface area contributed by atoms with Crippen LogP contribution < -0.4 is 4.90 Å². The van der Waals surface area contributed by atoms with E-state index in [-0.39, 0.29) is 5.97 Å². The average molecular weight is 349 g/mol. The summed E-state index contributed by atoms with van der Waals surface area (Å²) in [6, 6.07) is 12.4. The van der Waals surface area contributed by atoms with Crippen molar-refractivity contribution in [2.75, 3.05) is 19.1 Å². The number of carbonyl (C=O) groups excluding carboxylic acids is 1. The highest BCUT2D eigenvalue weighted by Gasteiger charge is 2.36. The minimum absolute atomic E-state index is 0.295. The van der Waals surface area contributed by atoms with Crippen LogP contribution in [0.15, 0.2) is 36.4 Å². The van der Waals surface area contributed by atoms with Gasteiger partial charge < -0.3 is 9.64 Å². The van der Waals surface area contributed by atoms with Crippen LogP contribution in [0, 0.1) is 0 Å². The van der Waals surface area contributed by atoms with Crippen LogP contribution in [0.1, 0.15) is 59.7 Å². The van der Waals surface area contributed by atoms with Gasteiger partial charge in [0.15, 0.2) is 0 Å². The molecule has 0 bridgehead atoms. The maximum atomic E-state index is 11.6. The highest BCUT2D eigenvalue weighted by Crippen LogP contribution is 2.47. The highest BCUT2D eigenvalue weighted by atomic mass is 16.5. The third-order valence-corrected chi connectivity index (χ3v) is 6.30. The smallest absolute Gasteiger partial charge is 0.337 e. The summed E-state index contributed by atoms with van der Waals surface area (Å²) in [4.78, 5) is 13.9. The molecular weight excluding hydrogens is 322 g/mol. The zero-order chi connectivity index (χ0) is 18.3. The fourth-order valence-corrected chi connectivity index (χ4v) is 4.91. The van der Waals surface area contributed by atoms with Crippen molar-refractivity contribution in [1.29, 1.82) is 0 Å². The van der Waals surface area contributed by atoms with Gasteiger partial charge >= 0.3 is 5.97 Å². The van der Waals surface area contributed by atoms with Crippen LogP contribution in [0.2, 0.25) is 0 Å². The number of anilines is 2. The van der Waals surface area contributed by atoms with Crippen molar-refractivity contribution in [3.8, 4) is 0 Å². The van der Waals surface area contributed by atoms with Gasteiger partial charge in [0.25, 0.3) is 0 Å². The maximum absolute atomic E-state index is 11.6. The number of esters is 1. The Balaban J connectivity index is 1.69. The number of hydrogen-bond acceptors (Lipinski definition) is 3. The third-order valence-electron chi connectivity index (χ3n) is 6.30. The van der Waals surface area contributed by atoms with Crippen molar-refractivity contribution >= 4 is 17.3 Å². The molecule has 0 spiro atoms. The molecule has 0 saturated carbocycles. The average Bonchev–Trinajstić information content (AvgIpc) is 2.66. The Bertz CT molecular complexity index is 807. The van der Waals surface area contributed by atoms with Crippen LogP contribution in [-0.2, 0) is 23.0 Å². The molecule has 2 aliphatic rings. The van der Waals surface area contributed by atoms with Gasteiger partial charge in [-0.2, -0.15) is 0 Å². The summed E-state index contributed by atoms with van der Waals surface area (Å²) in [7, 11) is 3.52. The lowest BCUT2D eigenvalue weighted by atomic mass is 9.63. The number of rotatable bonds is 3. The van der Waals surface area contributed by atoms with E-state index in [0.29, 0.717) is 11.0 Å². The first-order chi connectivity index (χ1) is 12.5. The Morgan fingerprint density at radius 3 is 2.12 bits per heavy atom. The predicted molar refractivity (Wildman–Crippen MR) is 106 cm³/mol. The molecule has 2 aliphatic carbocycles. The van der Waals surface area contributed by atoms with Crippen molar-refractivity contribution in [1.82, 2.24) is 0 Å². The zero-order valence-electron chi connectivity index (χ0n) is 16.0. The van der Waals surface area contributed by atoms with E-state index < -0.39 is 0 Å². The Kier molecular flexibility index (Phi) is 4.26. The minimum atomic E-state index is -0.295. The van der Waals surface area contributed by atoms with Gasteiger partial charge in [-0.05, 0) is 97.0 Å². The van der Waals surface area contributed by atoms with Gasteiger partial charge in [0.05, 0.1) is 12.7 Å². The second-order valence-electron chi connectivity index (χ2n) is 8.00. The molecule has 0 unspecified atom stereocenters. The number of carbonyl (C=O) groups is 1. The summed E-state index contributed by atoms with van der Waals surface area (Å²) < 4.78 is 4.79. The van der Waals surface area contributed by atoms with E-state index in [1.165, 1.54) is 51.3 Å². The predicted octanol–water partition coefficient (Wildman–Crippen LogP) is 5.17. The standard InChI is InChI=1S/C23H27NO2/c1-23-12-4-6-17-14-20(15-18(21(17)23)7-5-13-23)24(2)19-10-8-16(9-11-19)22(25)26-3/h8-11,14-15H,4-7,12-13H2,1-3H3. The lowest BCUT2D eigenvalue weighted by molar-refractivity contribution is 0.0601. The lowest BCUT2D eigenvalue weighted by Gasteiger charge is -2.42. The number of benzene rings is 2. The van der Waals surface area contributed by atoms with E-state index in [2.05, 4.69) is 31.0 Å². The molecule has 136 valence electrons. The minimum Gasteiger partial charge on any atom is -0.465 e. The fourth-order valence-electron chi connectivity index (χ4n) is 4.91. The molecule has 0 fully saturated rings. The highest BCUT2D eigenvalue weighted by molar-refractivity contribution is 5.89. The van der Waals surface area contributed by atoms with E-state index in [0.717, 1.165) is 5.69 Å². The molecule has 0 N–H and O–H groups in total. The largest absolute Gasteiger partial charge is 0.465 e. The lowest BCUT2D eigenvalue weighted by Crippen LogP contribution is -2.32. The van der Waals surface area contributed by atoms with Gasteiger partial charge in [-0.15, -0.1) is 0 Å². The van der Waals surface area contributed by atoms with Crippen molar-refractivity contribution < 1.29 is 9.53 Å². The van der Waals surface area contributed by atoms with Crippen LogP contribution in [0.5, 0.6) is 0 Å². The van der Waals surface area contributed by atoms with Crippen LogP contribution in [0.4, 0.5) is 11.4 Å². The molecule has 0 aromatic heterocycles. The van der Waals surface area contributed by atoms with Gasteiger partial charge in [0.2, 0.25) is 0 Å². The third kappa shape index (κ3) is 2.80. The molecule has 2 aromatic carbocycles. The van der Waals surface area contributed by atoms with E-state index in [4.69, 9.17) is 4.74 Å². The normalized spacial score (nSPS) is 17.3. The molecule has 3 nitrogen and oxygen atoms in total. The first-order valence-electron chi connectivity index (χ1n) is 9.60. The molecule has 0 heterocycles. The Labute approximate surface area is 156 Å². The summed E-state index contributed by atoms with van der Waals surface area (Å²) in [5.41, 5.74) is 8.04. The SMILES string of the molecule is COC(=O)c1ccc(N(C)c2cc3c4c(c2)CCCC4(C)CCC3)cc1. The molecule has 0 aliphatic heterocycles. The second-order valence-corrected chi connectivity index (χ2v) is 8.00. The van der Waals surface area contributed by atoms with Gasteiger partial charge in [0, 0.05) is 18.4 Å². The molecule has 3 heteroatoms. The molecule has 0 radical (unpaired) electrons. The molecule has 26 heavy (non-hydrogen) atoms. The molecule has 2 aromatic rings. The number of methoxy groups -OCH3 is 1.